The first-order valence-corrected chi connectivity index (χ1v) is 8.46. The lowest BCUT2D eigenvalue weighted by Gasteiger charge is -2.08. The Morgan fingerprint density at radius 3 is 2.67 bits per heavy atom. The first-order valence-electron chi connectivity index (χ1n) is 8.46. The Kier molecular flexibility index (Phi) is 5.05. The third-order valence-corrected chi connectivity index (χ3v) is 4.51. The van der Waals surface area contributed by atoms with Gasteiger partial charge >= 0.3 is 11.6 Å². The maximum atomic E-state index is 12.5. The highest BCUT2D eigenvalue weighted by atomic mass is 16.5. The third kappa shape index (κ3) is 3.59. The van der Waals surface area contributed by atoms with Crippen molar-refractivity contribution in [1.82, 2.24) is 4.98 Å². The number of aromatic amines is 1. The number of hydrogen-bond acceptors (Lipinski definition) is 6. The number of nitrogens with one attached hydrogen (secondary N) is 1. The Labute approximate surface area is 155 Å². The smallest absolute Gasteiger partial charge is 0.355 e. The number of fused-ring (bicyclic) bond motifs is 1. The number of rotatable bonds is 5. The second-order valence-corrected chi connectivity index (χ2v) is 6.37. The highest BCUT2D eigenvalue weighted by Crippen LogP contribution is 2.26. The van der Waals surface area contributed by atoms with Crippen LogP contribution in [0, 0.1) is 13.8 Å². The van der Waals surface area contributed by atoms with Gasteiger partial charge in [-0.3, -0.25) is 0 Å². The fourth-order valence-corrected chi connectivity index (χ4v) is 3.27. The summed E-state index contributed by atoms with van der Waals surface area (Å²) in [4.78, 5) is 27.3. The Bertz CT molecular complexity index is 1060. The number of aliphatic hydroxyl groups excluding tert-OH is 1. The van der Waals surface area contributed by atoms with Crippen molar-refractivity contribution in [2.75, 3.05) is 7.11 Å². The number of aromatic nitrogens is 1. The van der Waals surface area contributed by atoms with E-state index in [1.807, 2.05) is 0 Å². The van der Waals surface area contributed by atoms with Crippen LogP contribution in [0.4, 0.5) is 0 Å². The molecule has 1 atom stereocenters. The van der Waals surface area contributed by atoms with Gasteiger partial charge in [0.1, 0.15) is 23.6 Å². The third-order valence-electron chi connectivity index (χ3n) is 4.51. The Morgan fingerprint density at radius 1 is 1.30 bits per heavy atom. The minimum atomic E-state index is -0.694. The molecular weight excluding hydrogens is 350 g/mol. The van der Waals surface area contributed by atoms with Crippen LogP contribution in [-0.2, 0) is 11.3 Å². The standard InChI is InChI=1S/C20H21NO6/c1-10-18(12(3)22)11(2)21-19(10)20(24)26-9-13-7-17(23)27-16-8-14(25-4)5-6-15(13)16/h5-8,12,21-22H,9H2,1-4H3/t12-/m0/s1. The van der Waals surface area contributed by atoms with Crippen LogP contribution in [0.25, 0.3) is 11.0 Å². The van der Waals surface area contributed by atoms with E-state index in [-0.39, 0.29) is 12.3 Å². The number of benzene rings is 1. The van der Waals surface area contributed by atoms with Gasteiger partial charge in [0.15, 0.2) is 0 Å². The zero-order valence-corrected chi connectivity index (χ0v) is 15.6. The fraction of sp³-hybridized carbons (Fsp3) is 0.300. The average Bonchev–Trinajstić information content (AvgIpc) is 2.93. The number of methoxy groups -OCH3 is 1. The number of aliphatic hydroxyl groups is 1. The molecule has 0 amide bonds. The van der Waals surface area contributed by atoms with Crippen molar-refractivity contribution in [2.24, 2.45) is 0 Å². The zero-order chi connectivity index (χ0) is 19.7. The minimum absolute atomic E-state index is 0.0885. The molecule has 2 heterocycles. The normalized spacial score (nSPS) is 12.2. The predicted molar refractivity (Wildman–Crippen MR) is 99.1 cm³/mol. The lowest BCUT2D eigenvalue weighted by atomic mass is 10.1. The summed E-state index contributed by atoms with van der Waals surface area (Å²) in [7, 11) is 1.52. The van der Waals surface area contributed by atoms with E-state index in [4.69, 9.17) is 13.9 Å². The van der Waals surface area contributed by atoms with Crippen LogP contribution in [0.3, 0.4) is 0 Å². The van der Waals surface area contributed by atoms with Crippen LogP contribution in [0.1, 0.15) is 45.9 Å². The largest absolute Gasteiger partial charge is 0.497 e. The Hall–Kier alpha value is -3.06. The molecule has 27 heavy (non-hydrogen) atoms. The van der Waals surface area contributed by atoms with Gasteiger partial charge in [-0.25, -0.2) is 9.59 Å². The molecule has 0 aliphatic carbocycles. The van der Waals surface area contributed by atoms with Crippen molar-refractivity contribution in [3.8, 4) is 5.75 Å². The van der Waals surface area contributed by atoms with E-state index in [9.17, 15) is 14.7 Å². The van der Waals surface area contributed by atoms with E-state index < -0.39 is 17.7 Å². The number of carbonyl (C=O) groups excluding carboxylic acids is 1. The summed E-state index contributed by atoms with van der Waals surface area (Å²) in [5.41, 5.74) is 2.69. The van der Waals surface area contributed by atoms with Crippen LogP contribution >= 0.6 is 0 Å². The van der Waals surface area contributed by atoms with E-state index in [0.29, 0.717) is 39.1 Å². The molecule has 2 N–H and O–H groups in total. The molecule has 0 unspecified atom stereocenters. The van der Waals surface area contributed by atoms with Gasteiger partial charge in [-0.2, -0.15) is 0 Å². The molecule has 3 rings (SSSR count). The summed E-state index contributed by atoms with van der Waals surface area (Å²) in [6, 6.07) is 6.39. The summed E-state index contributed by atoms with van der Waals surface area (Å²) in [5, 5.41) is 10.5. The number of ether oxygens (including phenoxy) is 2. The molecule has 7 nitrogen and oxygen atoms in total. The van der Waals surface area contributed by atoms with Gasteiger partial charge in [0.05, 0.1) is 13.2 Å². The number of hydrogen-bond donors (Lipinski definition) is 2. The molecule has 0 fully saturated rings. The van der Waals surface area contributed by atoms with E-state index in [1.165, 1.54) is 13.2 Å². The molecule has 0 aliphatic rings. The first kappa shape index (κ1) is 18.7. The number of carbonyl (C=O) groups is 1. The topological polar surface area (TPSA) is 102 Å². The van der Waals surface area contributed by atoms with Gasteiger partial charge in [0.25, 0.3) is 0 Å². The average molecular weight is 371 g/mol. The van der Waals surface area contributed by atoms with Crippen LogP contribution in [0.2, 0.25) is 0 Å². The van der Waals surface area contributed by atoms with Gasteiger partial charge < -0.3 is 24.0 Å². The number of esters is 1. The van der Waals surface area contributed by atoms with E-state index in [0.717, 1.165) is 0 Å². The number of H-pyrrole nitrogens is 1. The van der Waals surface area contributed by atoms with Gasteiger partial charge in [-0.1, -0.05) is 0 Å². The molecule has 0 spiro atoms. The zero-order valence-electron chi connectivity index (χ0n) is 15.6. The predicted octanol–water partition coefficient (Wildman–Crippen LogP) is 3.16. The molecule has 1 aromatic carbocycles. The molecular formula is C20H21NO6. The molecule has 7 heteroatoms. The molecule has 3 aromatic rings. The summed E-state index contributed by atoms with van der Waals surface area (Å²) in [5.74, 6) is 0.000311. The second-order valence-electron chi connectivity index (χ2n) is 6.37. The van der Waals surface area contributed by atoms with Crippen molar-refractivity contribution in [1.29, 1.82) is 0 Å². The summed E-state index contributed by atoms with van der Waals surface area (Å²) in [6.45, 7) is 5.09. The molecule has 2 aromatic heterocycles. The molecule has 0 aliphatic heterocycles. The first-order chi connectivity index (χ1) is 12.8. The van der Waals surface area contributed by atoms with E-state index in [2.05, 4.69) is 4.98 Å². The lowest BCUT2D eigenvalue weighted by Crippen LogP contribution is -2.09. The van der Waals surface area contributed by atoms with Gasteiger partial charge in [0, 0.05) is 34.3 Å². The molecule has 0 radical (unpaired) electrons. The van der Waals surface area contributed by atoms with Crippen molar-refractivity contribution in [3.63, 3.8) is 0 Å². The molecule has 0 saturated heterocycles. The summed E-state index contributed by atoms with van der Waals surface area (Å²) < 4.78 is 15.7. The summed E-state index contributed by atoms with van der Waals surface area (Å²) >= 11 is 0. The van der Waals surface area contributed by atoms with Gasteiger partial charge in [-0.15, -0.1) is 0 Å². The lowest BCUT2D eigenvalue weighted by molar-refractivity contribution is 0.0466. The van der Waals surface area contributed by atoms with E-state index in [1.54, 1.807) is 39.0 Å². The van der Waals surface area contributed by atoms with Crippen LogP contribution in [-0.4, -0.2) is 23.2 Å². The molecule has 142 valence electrons. The maximum absolute atomic E-state index is 12.5. The number of aryl methyl sites for hydroxylation is 1. The van der Waals surface area contributed by atoms with Crippen molar-refractivity contribution in [2.45, 2.75) is 33.5 Å². The second kappa shape index (κ2) is 7.28. The van der Waals surface area contributed by atoms with E-state index >= 15 is 0 Å². The monoisotopic (exact) mass is 371 g/mol. The van der Waals surface area contributed by atoms with Crippen molar-refractivity contribution in [3.05, 3.63) is 62.8 Å². The van der Waals surface area contributed by atoms with Crippen LogP contribution < -0.4 is 10.4 Å². The minimum Gasteiger partial charge on any atom is -0.497 e. The van der Waals surface area contributed by atoms with Crippen LogP contribution in [0.15, 0.2) is 33.5 Å². The van der Waals surface area contributed by atoms with Gasteiger partial charge in [0.2, 0.25) is 0 Å². The maximum Gasteiger partial charge on any atom is 0.355 e. The quantitative estimate of drug-likeness (QED) is 0.528. The Balaban J connectivity index is 1.88. The SMILES string of the molecule is COc1ccc2c(COC(=O)c3[nH]c(C)c([C@H](C)O)c3C)cc(=O)oc2c1. The molecule has 0 saturated carbocycles. The fourth-order valence-electron chi connectivity index (χ4n) is 3.27. The van der Waals surface area contributed by atoms with Gasteiger partial charge in [-0.05, 0) is 38.5 Å². The highest BCUT2D eigenvalue weighted by Gasteiger charge is 2.21. The van der Waals surface area contributed by atoms with Crippen molar-refractivity contribution >= 4 is 16.9 Å². The Morgan fingerprint density at radius 2 is 2.04 bits per heavy atom. The summed E-state index contributed by atoms with van der Waals surface area (Å²) in [6.07, 6.45) is -0.694. The van der Waals surface area contributed by atoms with Crippen LogP contribution in [0.5, 0.6) is 5.75 Å². The molecule has 0 bridgehead atoms. The highest BCUT2D eigenvalue weighted by molar-refractivity contribution is 5.90. The van der Waals surface area contributed by atoms with Crippen molar-refractivity contribution < 1.29 is 23.8 Å².